The molecule has 2 N–H and O–H groups in total. The number of methoxy groups -OCH3 is 2. The van der Waals surface area contributed by atoms with Gasteiger partial charge in [0, 0.05) is 23.6 Å². The molecule has 0 aromatic heterocycles. The highest BCUT2D eigenvalue weighted by Gasteiger charge is 2.33. The quantitative estimate of drug-likeness (QED) is 0.300. The van der Waals surface area contributed by atoms with Crippen molar-refractivity contribution >= 4 is 23.5 Å². The van der Waals surface area contributed by atoms with Gasteiger partial charge in [-0.2, -0.15) is 0 Å². The molecule has 3 aromatic rings. The van der Waals surface area contributed by atoms with Crippen LogP contribution in [0.5, 0.6) is 11.5 Å². The third kappa shape index (κ3) is 6.36. The summed E-state index contributed by atoms with van der Waals surface area (Å²) in [5.41, 5.74) is 4.17. The number of Topliss-reactive ketones (excluding diaryl/α,β-unsaturated/α-hetero) is 2. The average Bonchev–Trinajstić information content (AvgIpc) is 3.38. The van der Waals surface area contributed by atoms with E-state index in [-0.39, 0.29) is 29.8 Å². The predicted octanol–water partition coefficient (Wildman–Crippen LogP) is 3.60. The number of hydrogen-bond donors (Lipinski definition) is 2. The zero-order chi connectivity index (χ0) is 27.1. The van der Waals surface area contributed by atoms with Crippen LogP contribution in [0.4, 0.5) is 0 Å². The van der Waals surface area contributed by atoms with Crippen molar-refractivity contribution in [1.82, 2.24) is 5.32 Å². The molecule has 0 fully saturated rings. The van der Waals surface area contributed by atoms with Crippen molar-refractivity contribution in [2.24, 2.45) is 5.92 Å². The van der Waals surface area contributed by atoms with Gasteiger partial charge >= 0.3 is 0 Å². The fraction of sp³-hybridized carbons (Fsp3) is 0.258. The third-order valence-electron chi connectivity index (χ3n) is 6.85. The number of carbonyl (C=O) groups excluding carboxylic acids is 3. The second-order valence-corrected chi connectivity index (χ2v) is 9.29. The number of nitrogens with one attached hydrogen (secondary N) is 1. The molecule has 1 aliphatic rings. The van der Waals surface area contributed by atoms with E-state index < -0.39 is 12.6 Å². The Kier molecular flexibility index (Phi) is 8.71. The van der Waals surface area contributed by atoms with Crippen LogP contribution in [-0.4, -0.2) is 49.4 Å². The topological polar surface area (TPSA) is 102 Å². The van der Waals surface area contributed by atoms with Gasteiger partial charge in [0.05, 0.1) is 20.3 Å². The Hall–Kier alpha value is -4.23. The van der Waals surface area contributed by atoms with E-state index in [2.05, 4.69) is 17.4 Å². The van der Waals surface area contributed by atoms with Gasteiger partial charge in [0.25, 0.3) is 0 Å². The highest BCUT2D eigenvalue weighted by Crippen LogP contribution is 2.30. The standard InChI is InChI=1S/C31H31NO6/c1-37-26-12-13-29(38-2)24(18-26)11-14-30(36)32-31(25-16-22-5-3-4-6-23(22)17-25)27(34)15-20-7-9-21(10-8-20)28(35)19-33/h3-14,18,25,31,33H,15-17,19H2,1-2H3,(H,32,36)/b14-11+/t31-/m1/s1. The van der Waals surface area contributed by atoms with Crippen LogP contribution in [0.1, 0.15) is 32.6 Å². The fourth-order valence-electron chi connectivity index (χ4n) is 4.84. The van der Waals surface area contributed by atoms with E-state index in [1.165, 1.54) is 17.2 Å². The van der Waals surface area contributed by atoms with Crippen molar-refractivity contribution in [2.45, 2.75) is 25.3 Å². The van der Waals surface area contributed by atoms with Crippen LogP contribution in [0.15, 0.2) is 72.8 Å². The Morgan fingerprint density at radius 3 is 2.26 bits per heavy atom. The number of benzene rings is 3. The molecule has 4 rings (SSSR count). The molecule has 1 atom stereocenters. The second-order valence-electron chi connectivity index (χ2n) is 9.29. The Morgan fingerprint density at radius 2 is 1.66 bits per heavy atom. The number of rotatable bonds is 11. The molecule has 1 amide bonds. The smallest absolute Gasteiger partial charge is 0.244 e. The van der Waals surface area contributed by atoms with Crippen molar-refractivity contribution in [2.75, 3.05) is 20.8 Å². The number of ketones is 2. The highest BCUT2D eigenvalue weighted by atomic mass is 16.5. The molecule has 0 aliphatic heterocycles. The lowest BCUT2D eigenvalue weighted by Gasteiger charge is -2.23. The van der Waals surface area contributed by atoms with Crippen LogP contribution in [0.2, 0.25) is 0 Å². The molecule has 7 nitrogen and oxygen atoms in total. The molecule has 196 valence electrons. The second kappa shape index (κ2) is 12.3. The number of ether oxygens (including phenoxy) is 2. The summed E-state index contributed by atoms with van der Waals surface area (Å²) in [6.45, 7) is -0.566. The molecule has 0 unspecified atom stereocenters. The van der Waals surface area contributed by atoms with Crippen LogP contribution in [0.3, 0.4) is 0 Å². The lowest BCUT2D eigenvalue weighted by atomic mass is 9.90. The number of amides is 1. The van der Waals surface area contributed by atoms with Gasteiger partial charge in [-0.25, -0.2) is 0 Å². The first-order chi connectivity index (χ1) is 18.4. The van der Waals surface area contributed by atoms with Gasteiger partial charge in [0.1, 0.15) is 18.1 Å². The first-order valence-electron chi connectivity index (χ1n) is 12.4. The Bertz CT molecular complexity index is 1320. The van der Waals surface area contributed by atoms with Gasteiger partial charge < -0.3 is 19.9 Å². The van der Waals surface area contributed by atoms with E-state index in [0.717, 1.165) is 5.56 Å². The number of aliphatic hydroxyl groups excluding tert-OH is 1. The molecule has 0 saturated heterocycles. The molecular formula is C31H31NO6. The number of aliphatic hydroxyl groups is 1. The van der Waals surface area contributed by atoms with Gasteiger partial charge in [-0.15, -0.1) is 0 Å². The van der Waals surface area contributed by atoms with E-state index >= 15 is 0 Å². The normalized spacial score (nSPS) is 13.7. The molecule has 7 heteroatoms. The van der Waals surface area contributed by atoms with Crippen LogP contribution in [0, 0.1) is 5.92 Å². The Balaban J connectivity index is 1.53. The maximum absolute atomic E-state index is 13.5. The molecule has 1 aliphatic carbocycles. The van der Waals surface area contributed by atoms with Crippen molar-refractivity contribution < 1.29 is 29.0 Å². The summed E-state index contributed by atoms with van der Waals surface area (Å²) < 4.78 is 10.7. The van der Waals surface area contributed by atoms with E-state index in [0.29, 0.717) is 35.5 Å². The lowest BCUT2D eigenvalue weighted by Crippen LogP contribution is -2.46. The summed E-state index contributed by atoms with van der Waals surface area (Å²) in [7, 11) is 3.12. The van der Waals surface area contributed by atoms with E-state index in [9.17, 15) is 14.4 Å². The molecular weight excluding hydrogens is 482 g/mol. The predicted molar refractivity (Wildman–Crippen MR) is 144 cm³/mol. The summed E-state index contributed by atoms with van der Waals surface area (Å²) in [5, 5.41) is 12.0. The SMILES string of the molecule is COc1ccc(OC)c(/C=C/C(=O)N[C@@H](C(=O)Cc2ccc(C(=O)CO)cc2)C2Cc3ccccc3C2)c1. The molecule has 0 radical (unpaired) electrons. The fourth-order valence-corrected chi connectivity index (χ4v) is 4.84. The van der Waals surface area contributed by atoms with E-state index in [1.54, 1.807) is 62.8 Å². The minimum atomic E-state index is -0.689. The largest absolute Gasteiger partial charge is 0.497 e. The summed E-state index contributed by atoms with van der Waals surface area (Å²) in [6.07, 6.45) is 4.54. The molecule has 3 aromatic carbocycles. The van der Waals surface area contributed by atoms with Crippen LogP contribution < -0.4 is 14.8 Å². The van der Waals surface area contributed by atoms with Crippen molar-refractivity contribution in [3.8, 4) is 11.5 Å². The van der Waals surface area contributed by atoms with Crippen LogP contribution in [0.25, 0.3) is 6.08 Å². The van der Waals surface area contributed by atoms with Gasteiger partial charge in [-0.1, -0.05) is 48.5 Å². The zero-order valence-corrected chi connectivity index (χ0v) is 21.5. The van der Waals surface area contributed by atoms with Crippen molar-refractivity contribution in [3.05, 3.63) is 101 Å². The van der Waals surface area contributed by atoms with Crippen molar-refractivity contribution in [3.63, 3.8) is 0 Å². The van der Waals surface area contributed by atoms with Gasteiger partial charge in [0.2, 0.25) is 5.91 Å². The summed E-state index contributed by atoms with van der Waals surface area (Å²) in [5.74, 6) is 0.291. The van der Waals surface area contributed by atoms with Gasteiger partial charge in [-0.05, 0) is 59.7 Å². The summed E-state index contributed by atoms with van der Waals surface area (Å²) in [4.78, 5) is 38.3. The number of carbonyl (C=O) groups is 3. The Morgan fingerprint density at radius 1 is 0.974 bits per heavy atom. The maximum atomic E-state index is 13.5. The minimum Gasteiger partial charge on any atom is -0.497 e. The van der Waals surface area contributed by atoms with Gasteiger partial charge in [0.15, 0.2) is 11.6 Å². The minimum absolute atomic E-state index is 0.0705. The summed E-state index contributed by atoms with van der Waals surface area (Å²) in [6, 6.07) is 19.3. The van der Waals surface area contributed by atoms with Crippen LogP contribution >= 0.6 is 0 Å². The van der Waals surface area contributed by atoms with Gasteiger partial charge in [-0.3, -0.25) is 14.4 Å². The zero-order valence-electron chi connectivity index (χ0n) is 21.5. The molecule has 0 saturated carbocycles. The highest BCUT2D eigenvalue weighted by molar-refractivity contribution is 5.98. The first-order valence-corrected chi connectivity index (χ1v) is 12.4. The molecule has 38 heavy (non-hydrogen) atoms. The molecule has 0 heterocycles. The number of fused-ring (bicyclic) bond motifs is 1. The van der Waals surface area contributed by atoms with E-state index in [1.807, 2.05) is 12.1 Å². The van der Waals surface area contributed by atoms with Crippen LogP contribution in [-0.2, 0) is 28.9 Å². The summed E-state index contributed by atoms with van der Waals surface area (Å²) >= 11 is 0. The lowest BCUT2D eigenvalue weighted by molar-refractivity contribution is -0.126. The monoisotopic (exact) mass is 513 g/mol. The first kappa shape index (κ1) is 26.8. The average molecular weight is 514 g/mol. The molecule has 0 spiro atoms. The van der Waals surface area contributed by atoms with Crippen molar-refractivity contribution in [1.29, 1.82) is 0 Å². The maximum Gasteiger partial charge on any atom is 0.244 e. The third-order valence-corrected chi connectivity index (χ3v) is 6.85. The molecule has 0 bridgehead atoms. The number of hydrogen-bond acceptors (Lipinski definition) is 6. The Labute approximate surface area is 222 Å². The van der Waals surface area contributed by atoms with E-state index in [4.69, 9.17) is 14.6 Å².